The second-order valence-electron chi connectivity index (χ2n) is 6.80. The van der Waals surface area contributed by atoms with Crippen LogP contribution in [0.5, 0.6) is 0 Å². The lowest BCUT2D eigenvalue weighted by Gasteiger charge is -2.24. The number of aromatic nitrogens is 1. The smallest absolute Gasteiger partial charge is 0.227 e. The van der Waals surface area contributed by atoms with Crippen molar-refractivity contribution in [2.24, 2.45) is 11.3 Å². The minimum absolute atomic E-state index is 0.196. The fourth-order valence-electron chi connectivity index (χ4n) is 3.77. The molecule has 0 unspecified atom stereocenters. The molecular weight excluding hydrogens is 250 g/mol. The largest absolute Gasteiger partial charge is 0.310 e. The van der Waals surface area contributed by atoms with E-state index in [-0.39, 0.29) is 11.3 Å². The van der Waals surface area contributed by atoms with E-state index in [2.05, 4.69) is 9.88 Å². The summed E-state index contributed by atoms with van der Waals surface area (Å²) in [6.45, 7) is 4.40. The summed E-state index contributed by atoms with van der Waals surface area (Å²) in [5.41, 5.74) is 1.15. The Kier molecular flexibility index (Phi) is 2.81. The lowest BCUT2D eigenvalue weighted by Crippen LogP contribution is -2.32. The first kappa shape index (κ1) is 12.3. The SMILES string of the molecule is O=C1C[C@@]2(CCN(CC3CC3)C2)CN1c1cccnc1. The molecule has 106 valence electrons. The molecule has 1 saturated carbocycles. The number of nitrogens with zero attached hydrogens (tertiary/aromatic N) is 3. The van der Waals surface area contributed by atoms with Gasteiger partial charge in [0.05, 0.1) is 11.9 Å². The highest BCUT2D eigenvalue weighted by Crippen LogP contribution is 2.43. The molecule has 3 fully saturated rings. The van der Waals surface area contributed by atoms with Gasteiger partial charge in [0.15, 0.2) is 0 Å². The number of amides is 1. The summed E-state index contributed by atoms with van der Waals surface area (Å²) in [6, 6.07) is 3.89. The van der Waals surface area contributed by atoms with Crippen LogP contribution in [-0.4, -0.2) is 42.0 Å². The van der Waals surface area contributed by atoms with Gasteiger partial charge in [0.2, 0.25) is 5.91 Å². The number of carbonyl (C=O) groups is 1. The van der Waals surface area contributed by atoms with Gasteiger partial charge in [0.1, 0.15) is 0 Å². The molecule has 3 aliphatic rings. The second-order valence-corrected chi connectivity index (χ2v) is 6.80. The molecule has 0 N–H and O–H groups in total. The third-order valence-corrected chi connectivity index (χ3v) is 5.01. The van der Waals surface area contributed by atoms with E-state index >= 15 is 0 Å². The molecule has 1 aromatic heterocycles. The van der Waals surface area contributed by atoms with Crippen LogP contribution >= 0.6 is 0 Å². The van der Waals surface area contributed by atoms with E-state index in [1.807, 2.05) is 17.0 Å². The lowest BCUT2D eigenvalue weighted by molar-refractivity contribution is -0.117. The molecule has 1 aliphatic carbocycles. The monoisotopic (exact) mass is 271 g/mol. The molecule has 0 radical (unpaired) electrons. The maximum absolute atomic E-state index is 12.4. The first-order valence-electron chi connectivity index (χ1n) is 7.67. The standard InChI is InChI=1S/C16H21N3O/c20-15-8-16(5-7-18(11-16)10-13-3-4-13)12-19(15)14-2-1-6-17-9-14/h1-2,6,9,13H,3-5,7-8,10-12H2/t16-/m1/s1. The third kappa shape index (κ3) is 2.22. The lowest BCUT2D eigenvalue weighted by atomic mass is 9.86. The Morgan fingerprint density at radius 2 is 2.25 bits per heavy atom. The van der Waals surface area contributed by atoms with Crippen LogP contribution in [0.25, 0.3) is 0 Å². The predicted octanol–water partition coefficient (Wildman–Crippen LogP) is 1.92. The maximum Gasteiger partial charge on any atom is 0.227 e. The van der Waals surface area contributed by atoms with E-state index < -0.39 is 0 Å². The molecule has 2 aliphatic heterocycles. The highest BCUT2D eigenvalue weighted by Gasteiger charge is 2.48. The van der Waals surface area contributed by atoms with Gasteiger partial charge in [-0.2, -0.15) is 0 Å². The van der Waals surface area contributed by atoms with E-state index in [1.165, 1.54) is 32.4 Å². The van der Waals surface area contributed by atoms with Crippen molar-refractivity contribution >= 4 is 11.6 Å². The third-order valence-electron chi connectivity index (χ3n) is 5.01. The number of anilines is 1. The molecule has 4 heteroatoms. The van der Waals surface area contributed by atoms with Gasteiger partial charge < -0.3 is 9.80 Å². The average Bonchev–Trinajstić information content (AvgIpc) is 3.10. The van der Waals surface area contributed by atoms with Gasteiger partial charge in [0.25, 0.3) is 0 Å². The van der Waals surface area contributed by atoms with Crippen LogP contribution < -0.4 is 4.90 Å². The molecule has 1 aromatic rings. The van der Waals surface area contributed by atoms with Crippen LogP contribution in [-0.2, 0) is 4.79 Å². The van der Waals surface area contributed by atoms with Crippen molar-refractivity contribution in [1.82, 2.24) is 9.88 Å². The predicted molar refractivity (Wildman–Crippen MR) is 77.4 cm³/mol. The van der Waals surface area contributed by atoms with Gasteiger partial charge in [-0.25, -0.2) is 0 Å². The zero-order chi connectivity index (χ0) is 13.6. The molecule has 0 aromatic carbocycles. The van der Waals surface area contributed by atoms with Crippen molar-refractivity contribution in [3.05, 3.63) is 24.5 Å². The Morgan fingerprint density at radius 1 is 1.35 bits per heavy atom. The summed E-state index contributed by atoms with van der Waals surface area (Å²) in [6.07, 6.45) is 8.25. The van der Waals surface area contributed by atoms with Gasteiger partial charge in [-0.15, -0.1) is 0 Å². The number of likely N-dealkylation sites (tertiary alicyclic amines) is 1. The van der Waals surface area contributed by atoms with Gasteiger partial charge in [0, 0.05) is 37.7 Å². The number of hydrogen-bond donors (Lipinski definition) is 0. The summed E-state index contributed by atoms with van der Waals surface area (Å²) >= 11 is 0. The summed E-state index contributed by atoms with van der Waals surface area (Å²) < 4.78 is 0. The first-order chi connectivity index (χ1) is 9.74. The molecule has 1 atom stereocenters. The molecule has 2 saturated heterocycles. The van der Waals surface area contributed by atoms with Gasteiger partial charge >= 0.3 is 0 Å². The molecule has 20 heavy (non-hydrogen) atoms. The van der Waals surface area contributed by atoms with Gasteiger partial charge in [-0.3, -0.25) is 9.78 Å². The Balaban J connectivity index is 1.47. The van der Waals surface area contributed by atoms with Crippen LogP contribution in [0, 0.1) is 11.3 Å². The molecule has 4 rings (SSSR count). The molecular formula is C16H21N3O. The van der Waals surface area contributed by atoms with Crippen molar-refractivity contribution in [2.45, 2.75) is 25.7 Å². The van der Waals surface area contributed by atoms with E-state index in [0.717, 1.165) is 24.7 Å². The van der Waals surface area contributed by atoms with Crippen molar-refractivity contribution in [3.8, 4) is 0 Å². The summed E-state index contributed by atoms with van der Waals surface area (Å²) in [5, 5.41) is 0. The van der Waals surface area contributed by atoms with Crippen molar-refractivity contribution < 1.29 is 4.79 Å². The number of carbonyl (C=O) groups excluding carboxylic acids is 1. The van der Waals surface area contributed by atoms with E-state index in [4.69, 9.17) is 0 Å². The van der Waals surface area contributed by atoms with E-state index in [1.54, 1.807) is 12.4 Å². The second kappa shape index (κ2) is 4.55. The van der Waals surface area contributed by atoms with Gasteiger partial charge in [-0.05, 0) is 43.9 Å². The minimum Gasteiger partial charge on any atom is -0.310 e. The average molecular weight is 271 g/mol. The maximum atomic E-state index is 12.4. The van der Waals surface area contributed by atoms with Crippen LogP contribution in [0.3, 0.4) is 0 Å². The summed E-state index contributed by atoms with van der Waals surface area (Å²) in [7, 11) is 0. The molecule has 4 nitrogen and oxygen atoms in total. The molecule has 0 bridgehead atoms. The Hall–Kier alpha value is -1.42. The fourth-order valence-corrected chi connectivity index (χ4v) is 3.77. The zero-order valence-electron chi connectivity index (χ0n) is 11.8. The Bertz CT molecular complexity index is 514. The van der Waals surface area contributed by atoms with Crippen LogP contribution in [0.1, 0.15) is 25.7 Å². The quantitative estimate of drug-likeness (QED) is 0.842. The van der Waals surface area contributed by atoms with Gasteiger partial charge in [-0.1, -0.05) is 0 Å². The number of pyridine rings is 1. The highest BCUT2D eigenvalue weighted by molar-refractivity contribution is 5.96. The van der Waals surface area contributed by atoms with E-state index in [9.17, 15) is 4.79 Å². The molecule has 1 spiro atoms. The topological polar surface area (TPSA) is 36.4 Å². The molecule has 3 heterocycles. The van der Waals surface area contributed by atoms with Crippen molar-refractivity contribution in [2.75, 3.05) is 31.1 Å². The van der Waals surface area contributed by atoms with Crippen molar-refractivity contribution in [3.63, 3.8) is 0 Å². The number of hydrogen-bond acceptors (Lipinski definition) is 3. The minimum atomic E-state index is 0.196. The zero-order valence-corrected chi connectivity index (χ0v) is 11.8. The molecule has 1 amide bonds. The fraction of sp³-hybridized carbons (Fsp3) is 0.625. The highest BCUT2D eigenvalue weighted by atomic mass is 16.2. The first-order valence-corrected chi connectivity index (χ1v) is 7.67. The van der Waals surface area contributed by atoms with E-state index in [0.29, 0.717) is 6.42 Å². The summed E-state index contributed by atoms with van der Waals surface area (Å²) in [4.78, 5) is 21.0. The summed E-state index contributed by atoms with van der Waals surface area (Å²) in [5.74, 6) is 1.21. The van der Waals surface area contributed by atoms with Crippen LogP contribution in [0.15, 0.2) is 24.5 Å². The Labute approximate surface area is 119 Å². The normalized spacial score (nSPS) is 30.6. The number of rotatable bonds is 3. The van der Waals surface area contributed by atoms with Crippen molar-refractivity contribution in [1.29, 1.82) is 0 Å². The van der Waals surface area contributed by atoms with Crippen LogP contribution in [0.4, 0.5) is 5.69 Å². The van der Waals surface area contributed by atoms with Crippen LogP contribution in [0.2, 0.25) is 0 Å². The Morgan fingerprint density at radius 3 is 3.00 bits per heavy atom.